The molecule has 0 saturated carbocycles. The maximum atomic E-state index is 10.7. The van der Waals surface area contributed by atoms with E-state index in [0.717, 1.165) is 18.8 Å². The Morgan fingerprint density at radius 2 is 2.38 bits per heavy atom. The van der Waals surface area contributed by atoms with E-state index in [9.17, 15) is 4.79 Å². The van der Waals surface area contributed by atoms with Crippen LogP contribution in [0.15, 0.2) is 0 Å². The average molecular weight is 131 g/mol. The molecule has 0 bridgehead atoms. The van der Waals surface area contributed by atoms with Gasteiger partial charge in [-0.2, -0.15) is 0 Å². The average Bonchev–Trinajstić information content (AvgIpc) is 2.45. The number of thioether (sulfide) groups is 1. The van der Waals surface area contributed by atoms with Gasteiger partial charge < -0.3 is 4.90 Å². The van der Waals surface area contributed by atoms with Crippen molar-refractivity contribution in [2.24, 2.45) is 0 Å². The van der Waals surface area contributed by atoms with Crippen LogP contribution in [0.5, 0.6) is 0 Å². The molecule has 0 radical (unpaired) electrons. The van der Waals surface area contributed by atoms with E-state index in [1.54, 1.807) is 0 Å². The van der Waals surface area contributed by atoms with E-state index >= 15 is 0 Å². The maximum Gasteiger partial charge on any atom is 0.281 e. The summed E-state index contributed by atoms with van der Waals surface area (Å²) in [5, 5.41) is 0.243. The summed E-state index contributed by atoms with van der Waals surface area (Å²) in [4.78, 5) is 12.5. The highest BCUT2D eigenvalue weighted by Gasteiger charge is 2.23. The molecule has 1 aliphatic rings. The van der Waals surface area contributed by atoms with Crippen LogP contribution in [-0.4, -0.2) is 29.0 Å². The van der Waals surface area contributed by atoms with Gasteiger partial charge in [-0.15, -0.1) is 0 Å². The molecule has 0 aromatic rings. The lowest BCUT2D eigenvalue weighted by Gasteiger charge is -1.94. The molecule has 1 aliphatic heterocycles. The molecule has 1 rings (SSSR count). The molecular weight excluding hydrogens is 122 g/mol. The van der Waals surface area contributed by atoms with Crippen molar-refractivity contribution in [1.29, 1.82) is 0 Å². The minimum Gasteiger partial charge on any atom is -0.330 e. The minimum absolute atomic E-state index is 0.243. The fourth-order valence-electron chi connectivity index (χ4n) is 0.447. The molecule has 1 saturated heterocycles. The van der Waals surface area contributed by atoms with Crippen LogP contribution in [0.4, 0.5) is 4.79 Å². The zero-order valence-electron chi connectivity index (χ0n) is 4.89. The van der Waals surface area contributed by atoms with Crippen molar-refractivity contribution in [2.75, 3.05) is 18.8 Å². The van der Waals surface area contributed by atoms with Gasteiger partial charge in [0.05, 0.1) is 0 Å². The van der Waals surface area contributed by atoms with E-state index < -0.39 is 0 Å². The van der Waals surface area contributed by atoms with Crippen molar-refractivity contribution in [3.8, 4) is 0 Å². The van der Waals surface area contributed by atoms with Crippen LogP contribution in [0, 0.1) is 0 Å². The molecule has 0 atom stereocenters. The summed E-state index contributed by atoms with van der Waals surface area (Å²) in [6.07, 6.45) is 0. The van der Waals surface area contributed by atoms with Crippen LogP contribution in [0.25, 0.3) is 0 Å². The number of rotatable bonds is 1. The molecule has 1 amide bonds. The van der Waals surface area contributed by atoms with E-state index in [1.165, 1.54) is 11.8 Å². The summed E-state index contributed by atoms with van der Waals surface area (Å²) < 4.78 is 0. The summed E-state index contributed by atoms with van der Waals surface area (Å²) in [6.45, 7) is 3.95. The van der Waals surface area contributed by atoms with Gasteiger partial charge in [-0.25, -0.2) is 0 Å². The standard InChI is InChI=1S/C5H9NOS/c1-2-8-5(7)6-3-4-6/h2-4H2,1H3. The third-order valence-electron chi connectivity index (χ3n) is 0.973. The van der Waals surface area contributed by atoms with Crippen LogP contribution in [0.2, 0.25) is 0 Å². The Morgan fingerprint density at radius 1 is 1.75 bits per heavy atom. The van der Waals surface area contributed by atoms with Crippen molar-refractivity contribution >= 4 is 17.0 Å². The second-order valence-corrected chi connectivity index (χ2v) is 2.90. The van der Waals surface area contributed by atoms with Crippen LogP contribution in [0.1, 0.15) is 6.92 Å². The predicted octanol–water partition coefficient (Wildman–Crippen LogP) is 1.18. The summed E-state index contributed by atoms with van der Waals surface area (Å²) in [5.41, 5.74) is 0. The summed E-state index contributed by atoms with van der Waals surface area (Å²) >= 11 is 1.39. The van der Waals surface area contributed by atoms with Gasteiger partial charge in [-0.1, -0.05) is 18.7 Å². The molecule has 2 nitrogen and oxygen atoms in total. The Balaban J connectivity index is 2.13. The second kappa shape index (κ2) is 2.40. The largest absolute Gasteiger partial charge is 0.330 e. The first-order valence-corrected chi connectivity index (χ1v) is 3.75. The van der Waals surface area contributed by atoms with Crippen molar-refractivity contribution in [2.45, 2.75) is 6.92 Å². The first-order chi connectivity index (χ1) is 3.84. The quantitative estimate of drug-likeness (QED) is 0.498. The van der Waals surface area contributed by atoms with Gasteiger partial charge in [0.2, 0.25) is 0 Å². The SMILES string of the molecule is CCSC(=O)N1CC1. The van der Waals surface area contributed by atoms with Gasteiger partial charge in [-0.3, -0.25) is 4.79 Å². The van der Waals surface area contributed by atoms with E-state index in [0.29, 0.717) is 0 Å². The third kappa shape index (κ3) is 1.40. The highest BCUT2D eigenvalue weighted by atomic mass is 32.2. The van der Waals surface area contributed by atoms with Crippen LogP contribution < -0.4 is 0 Å². The summed E-state index contributed by atoms with van der Waals surface area (Å²) in [5.74, 6) is 0.898. The smallest absolute Gasteiger partial charge is 0.281 e. The molecule has 3 heteroatoms. The molecular formula is C5H9NOS. The van der Waals surface area contributed by atoms with Gasteiger partial charge >= 0.3 is 0 Å². The number of hydrogen-bond acceptors (Lipinski definition) is 2. The van der Waals surface area contributed by atoms with E-state index in [1.807, 2.05) is 11.8 Å². The van der Waals surface area contributed by atoms with Crippen molar-refractivity contribution in [3.05, 3.63) is 0 Å². The normalized spacial score (nSPS) is 16.4. The van der Waals surface area contributed by atoms with E-state index in [4.69, 9.17) is 0 Å². The van der Waals surface area contributed by atoms with Gasteiger partial charge in [0, 0.05) is 13.1 Å². The Labute approximate surface area is 53.2 Å². The highest BCUT2D eigenvalue weighted by molar-refractivity contribution is 8.13. The Morgan fingerprint density at radius 3 is 2.75 bits per heavy atom. The Kier molecular flexibility index (Phi) is 1.78. The molecule has 1 heterocycles. The zero-order valence-corrected chi connectivity index (χ0v) is 5.70. The van der Waals surface area contributed by atoms with E-state index in [-0.39, 0.29) is 5.24 Å². The fraction of sp³-hybridized carbons (Fsp3) is 0.800. The second-order valence-electron chi connectivity index (χ2n) is 1.69. The molecule has 1 fully saturated rings. The lowest BCUT2D eigenvalue weighted by Crippen LogP contribution is -2.01. The molecule has 0 unspecified atom stereocenters. The monoisotopic (exact) mass is 131 g/mol. The Hall–Kier alpha value is -0.180. The highest BCUT2D eigenvalue weighted by Crippen LogP contribution is 2.14. The van der Waals surface area contributed by atoms with Gasteiger partial charge in [0.1, 0.15) is 0 Å². The molecule has 8 heavy (non-hydrogen) atoms. The van der Waals surface area contributed by atoms with E-state index in [2.05, 4.69) is 0 Å². The number of hydrogen-bond donors (Lipinski definition) is 0. The lowest BCUT2D eigenvalue weighted by molar-refractivity contribution is 0.251. The molecule has 46 valence electrons. The third-order valence-corrected chi connectivity index (χ3v) is 1.77. The van der Waals surface area contributed by atoms with Crippen molar-refractivity contribution in [3.63, 3.8) is 0 Å². The Bertz CT molecular complexity index is 101. The first kappa shape index (κ1) is 5.95. The number of amides is 1. The molecule has 0 aliphatic carbocycles. The van der Waals surface area contributed by atoms with Gasteiger partial charge in [0.25, 0.3) is 5.24 Å². The number of nitrogens with zero attached hydrogens (tertiary/aromatic N) is 1. The maximum absolute atomic E-state index is 10.7. The van der Waals surface area contributed by atoms with Gasteiger partial charge in [0.15, 0.2) is 0 Å². The first-order valence-electron chi connectivity index (χ1n) is 2.76. The zero-order chi connectivity index (χ0) is 5.98. The van der Waals surface area contributed by atoms with Crippen LogP contribution >= 0.6 is 11.8 Å². The molecule has 0 aromatic carbocycles. The summed E-state index contributed by atoms with van der Waals surface area (Å²) in [7, 11) is 0. The van der Waals surface area contributed by atoms with Crippen LogP contribution in [-0.2, 0) is 0 Å². The van der Waals surface area contributed by atoms with Crippen LogP contribution in [0.3, 0.4) is 0 Å². The molecule has 0 spiro atoms. The predicted molar refractivity (Wildman–Crippen MR) is 35.1 cm³/mol. The topological polar surface area (TPSA) is 20.1 Å². The molecule has 0 aromatic heterocycles. The molecule has 0 N–H and O–H groups in total. The van der Waals surface area contributed by atoms with Gasteiger partial charge in [-0.05, 0) is 5.75 Å². The van der Waals surface area contributed by atoms with Crippen molar-refractivity contribution in [1.82, 2.24) is 4.90 Å². The minimum atomic E-state index is 0.243. The van der Waals surface area contributed by atoms with Crippen molar-refractivity contribution < 1.29 is 4.79 Å². The summed E-state index contributed by atoms with van der Waals surface area (Å²) in [6, 6.07) is 0. The fourth-order valence-corrected chi connectivity index (χ4v) is 1.06. The number of carbonyl (C=O) groups excluding carboxylic acids is 1. The lowest BCUT2D eigenvalue weighted by atomic mass is 11.0. The number of carbonyl (C=O) groups is 1.